The van der Waals surface area contributed by atoms with Crippen molar-refractivity contribution in [3.63, 3.8) is 0 Å². The molecule has 0 fully saturated rings. The van der Waals surface area contributed by atoms with Gasteiger partial charge in [0, 0.05) is 16.1 Å². The number of nitrogens with zero attached hydrogens (tertiary/aromatic N) is 1. The third kappa shape index (κ3) is 2.44. The first kappa shape index (κ1) is 12.0. The van der Waals surface area contributed by atoms with Crippen molar-refractivity contribution in [2.24, 2.45) is 0 Å². The van der Waals surface area contributed by atoms with Crippen LogP contribution in [0.5, 0.6) is 0 Å². The second-order valence-corrected chi connectivity index (χ2v) is 4.25. The summed E-state index contributed by atoms with van der Waals surface area (Å²) in [7, 11) is 0. The highest BCUT2D eigenvalue weighted by Crippen LogP contribution is 2.35. The van der Waals surface area contributed by atoms with Crippen molar-refractivity contribution in [1.82, 2.24) is 10.2 Å². The lowest BCUT2D eigenvalue weighted by Crippen LogP contribution is -2.04. The summed E-state index contributed by atoms with van der Waals surface area (Å²) in [6.07, 6.45) is -4.35. The fourth-order valence-electron chi connectivity index (χ4n) is 1.39. The molecule has 0 aliphatic carbocycles. The largest absolute Gasteiger partial charge is 0.416 e. The zero-order valence-corrected chi connectivity index (χ0v) is 9.93. The molecule has 1 heterocycles. The minimum Gasteiger partial charge on any atom is -0.382 e. The van der Waals surface area contributed by atoms with E-state index >= 15 is 0 Å². The molecule has 17 heavy (non-hydrogen) atoms. The Bertz CT molecular complexity index is 548. The van der Waals surface area contributed by atoms with E-state index in [-0.39, 0.29) is 5.82 Å². The molecule has 0 bridgehead atoms. The average Bonchev–Trinajstić information content (AvgIpc) is 2.63. The zero-order valence-electron chi connectivity index (χ0n) is 8.35. The Hall–Kier alpha value is -1.50. The fourth-order valence-corrected chi connectivity index (χ4v) is 1.98. The Labute approximate surface area is 103 Å². The lowest BCUT2D eigenvalue weighted by molar-refractivity contribution is -0.137. The third-order valence-corrected chi connectivity index (χ3v) is 2.84. The minimum absolute atomic E-state index is 0.284. The Balaban J connectivity index is 2.45. The van der Waals surface area contributed by atoms with E-state index in [1.807, 2.05) is 0 Å². The molecule has 0 spiro atoms. The SMILES string of the molecule is Nc1cc(-c2ccc(C(F)(F)F)cc2Br)[nH]n1. The number of anilines is 1. The van der Waals surface area contributed by atoms with Crippen LogP contribution < -0.4 is 5.73 Å². The van der Waals surface area contributed by atoms with Gasteiger partial charge in [-0.3, -0.25) is 5.10 Å². The number of nitrogens with one attached hydrogen (secondary N) is 1. The number of hydrogen-bond donors (Lipinski definition) is 2. The molecular weight excluding hydrogens is 299 g/mol. The number of rotatable bonds is 1. The van der Waals surface area contributed by atoms with Crippen molar-refractivity contribution < 1.29 is 13.2 Å². The first-order valence-electron chi connectivity index (χ1n) is 4.56. The molecule has 3 N–H and O–H groups in total. The van der Waals surface area contributed by atoms with Gasteiger partial charge in [0.1, 0.15) is 5.82 Å². The van der Waals surface area contributed by atoms with Crippen LogP contribution in [0.4, 0.5) is 19.0 Å². The average molecular weight is 306 g/mol. The number of benzene rings is 1. The van der Waals surface area contributed by atoms with Gasteiger partial charge in [0.2, 0.25) is 0 Å². The van der Waals surface area contributed by atoms with E-state index in [2.05, 4.69) is 26.1 Å². The molecule has 2 aromatic rings. The van der Waals surface area contributed by atoms with Crippen molar-refractivity contribution in [3.05, 3.63) is 34.3 Å². The standard InChI is InChI=1S/C10H7BrF3N3/c11-7-3-5(10(12,13)14)1-2-6(7)8-4-9(15)17-16-8/h1-4H,(H3,15,16,17). The molecule has 0 radical (unpaired) electrons. The van der Waals surface area contributed by atoms with Crippen LogP contribution in [0.15, 0.2) is 28.7 Å². The van der Waals surface area contributed by atoms with Crippen LogP contribution in [-0.2, 0) is 6.18 Å². The molecule has 0 amide bonds. The molecule has 1 aromatic heterocycles. The van der Waals surface area contributed by atoms with Gasteiger partial charge in [0.25, 0.3) is 0 Å². The highest BCUT2D eigenvalue weighted by atomic mass is 79.9. The molecule has 0 saturated heterocycles. The van der Waals surface area contributed by atoms with E-state index in [1.165, 1.54) is 6.07 Å². The van der Waals surface area contributed by atoms with Crippen LogP contribution in [0, 0.1) is 0 Å². The summed E-state index contributed by atoms with van der Waals surface area (Å²) in [5, 5.41) is 6.35. The first-order chi connectivity index (χ1) is 7.88. The lowest BCUT2D eigenvalue weighted by atomic mass is 10.1. The molecule has 0 saturated carbocycles. The molecule has 0 atom stereocenters. The molecule has 7 heteroatoms. The van der Waals surface area contributed by atoms with Crippen LogP contribution in [0.25, 0.3) is 11.3 Å². The summed E-state index contributed by atoms with van der Waals surface area (Å²) in [6.45, 7) is 0. The van der Waals surface area contributed by atoms with Crippen molar-refractivity contribution >= 4 is 21.7 Å². The van der Waals surface area contributed by atoms with Gasteiger partial charge in [0.15, 0.2) is 0 Å². The van der Waals surface area contributed by atoms with E-state index in [9.17, 15) is 13.2 Å². The lowest BCUT2D eigenvalue weighted by Gasteiger charge is -2.08. The van der Waals surface area contributed by atoms with E-state index in [1.54, 1.807) is 6.07 Å². The predicted molar refractivity (Wildman–Crippen MR) is 61.1 cm³/mol. The van der Waals surface area contributed by atoms with Crippen LogP contribution in [0.2, 0.25) is 0 Å². The maximum atomic E-state index is 12.4. The molecule has 0 aliphatic rings. The zero-order chi connectivity index (χ0) is 12.6. The first-order valence-corrected chi connectivity index (χ1v) is 5.35. The molecule has 0 aliphatic heterocycles. The Morgan fingerprint density at radius 2 is 1.94 bits per heavy atom. The Morgan fingerprint density at radius 3 is 2.41 bits per heavy atom. The summed E-state index contributed by atoms with van der Waals surface area (Å²) in [6, 6.07) is 4.94. The van der Waals surface area contributed by atoms with Crippen LogP contribution >= 0.6 is 15.9 Å². The summed E-state index contributed by atoms with van der Waals surface area (Å²) in [5.74, 6) is 0.284. The summed E-state index contributed by atoms with van der Waals surface area (Å²) < 4.78 is 37.7. The highest BCUT2D eigenvalue weighted by molar-refractivity contribution is 9.10. The number of halogens is 4. The number of nitrogen functional groups attached to an aromatic ring is 1. The minimum atomic E-state index is -4.35. The van der Waals surface area contributed by atoms with Crippen LogP contribution in [-0.4, -0.2) is 10.2 Å². The van der Waals surface area contributed by atoms with Gasteiger partial charge in [-0.05, 0) is 12.1 Å². The fraction of sp³-hybridized carbons (Fsp3) is 0.100. The molecule has 2 rings (SSSR count). The molecule has 1 aromatic carbocycles. The second kappa shape index (κ2) is 4.06. The van der Waals surface area contributed by atoms with Gasteiger partial charge in [-0.25, -0.2) is 0 Å². The molecule has 90 valence electrons. The summed E-state index contributed by atoms with van der Waals surface area (Å²) in [4.78, 5) is 0. The maximum Gasteiger partial charge on any atom is 0.416 e. The van der Waals surface area contributed by atoms with Gasteiger partial charge in [-0.2, -0.15) is 18.3 Å². The van der Waals surface area contributed by atoms with E-state index in [0.717, 1.165) is 12.1 Å². The normalized spacial score (nSPS) is 11.8. The Kier molecular flexibility index (Phi) is 2.86. The number of H-pyrrole nitrogens is 1. The van der Waals surface area contributed by atoms with Gasteiger partial charge in [-0.1, -0.05) is 22.0 Å². The topological polar surface area (TPSA) is 54.7 Å². The second-order valence-electron chi connectivity index (χ2n) is 3.40. The van der Waals surface area contributed by atoms with Crippen molar-refractivity contribution in [2.45, 2.75) is 6.18 Å². The van der Waals surface area contributed by atoms with Crippen molar-refractivity contribution in [3.8, 4) is 11.3 Å². The number of aromatic nitrogens is 2. The smallest absolute Gasteiger partial charge is 0.382 e. The third-order valence-electron chi connectivity index (χ3n) is 2.18. The van der Waals surface area contributed by atoms with Crippen LogP contribution in [0.1, 0.15) is 5.56 Å². The predicted octanol–water partition coefficient (Wildman–Crippen LogP) is 3.44. The van der Waals surface area contributed by atoms with Crippen molar-refractivity contribution in [2.75, 3.05) is 5.73 Å². The number of hydrogen-bond acceptors (Lipinski definition) is 2. The monoisotopic (exact) mass is 305 g/mol. The van der Waals surface area contributed by atoms with E-state index < -0.39 is 11.7 Å². The summed E-state index contributed by atoms with van der Waals surface area (Å²) >= 11 is 3.10. The number of alkyl halides is 3. The highest BCUT2D eigenvalue weighted by Gasteiger charge is 2.30. The molecule has 0 unspecified atom stereocenters. The molecular formula is C10H7BrF3N3. The van der Waals surface area contributed by atoms with Gasteiger partial charge < -0.3 is 5.73 Å². The molecule has 3 nitrogen and oxygen atoms in total. The maximum absolute atomic E-state index is 12.4. The number of aromatic amines is 1. The summed E-state index contributed by atoms with van der Waals surface area (Å²) in [5.41, 5.74) is 5.85. The number of nitrogens with two attached hydrogens (primary N) is 1. The van der Waals surface area contributed by atoms with Gasteiger partial charge in [-0.15, -0.1) is 0 Å². The van der Waals surface area contributed by atoms with E-state index in [0.29, 0.717) is 15.7 Å². The quantitative estimate of drug-likeness (QED) is 0.848. The van der Waals surface area contributed by atoms with Gasteiger partial charge >= 0.3 is 6.18 Å². The Morgan fingerprint density at radius 1 is 1.24 bits per heavy atom. The van der Waals surface area contributed by atoms with Gasteiger partial charge in [0.05, 0.1) is 11.3 Å². The van der Waals surface area contributed by atoms with Crippen molar-refractivity contribution in [1.29, 1.82) is 0 Å². The van der Waals surface area contributed by atoms with E-state index in [4.69, 9.17) is 5.73 Å². The van der Waals surface area contributed by atoms with Crippen LogP contribution in [0.3, 0.4) is 0 Å².